The molecule has 119 heavy (non-hydrogen) atoms. The fourth-order valence-electron chi connectivity index (χ4n) is 16.6. The van der Waals surface area contributed by atoms with Crippen molar-refractivity contribution in [2.75, 3.05) is 0 Å². The Morgan fingerprint density at radius 3 is 0.882 bits per heavy atom. The molecule has 4 aromatic carbocycles. The topological polar surface area (TPSA) is 120 Å². The van der Waals surface area contributed by atoms with E-state index in [1.54, 1.807) is 23.2 Å². The van der Waals surface area contributed by atoms with Gasteiger partial charge in [-0.2, -0.15) is 0 Å². The number of pyridine rings is 8. The van der Waals surface area contributed by atoms with E-state index in [-0.39, 0.29) is 28.2 Å². The van der Waals surface area contributed by atoms with Gasteiger partial charge >= 0.3 is 0 Å². The Morgan fingerprint density at radius 1 is 0.311 bits per heavy atom. The molecule has 0 saturated heterocycles. The highest BCUT2D eigenvalue weighted by Crippen LogP contribution is 2.44. The van der Waals surface area contributed by atoms with Gasteiger partial charge in [0, 0.05) is 136 Å². The minimum atomic E-state index is -2.78. The number of hydrogen-bond donors (Lipinski definition) is 0. The lowest BCUT2D eigenvalue weighted by Gasteiger charge is -2.16. The van der Waals surface area contributed by atoms with E-state index in [9.17, 15) is 0 Å². The van der Waals surface area contributed by atoms with Crippen LogP contribution in [0.15, 0.2) is 164 Å². The standard InChI is InChI=1S/3C27H33N2O.C26H31N2O/c2*1-15(2)21-13-24(29(8)14-22(21)16(3)4)25-18(7)9-10-19-20-11-12-23(17(5)6)28-27(20)30-26(19)25;1-8-20-10-12-22-21-11-9-18(6)25(26(21)30-27(22)28-20)24-14-23(17(4)5)19(13-16(2)3)15-29(24)7;1-8-18-10-12-20-19-11-9-17(6)24(25(19)29-26(20)27-18)23-13-21(15(2)3)22(16(4)5)14-28(23)7/h2*9-17H,1-8H3;9-12,14-17H,8,13H2,1-7H3;9-16H,8H2,1-7H3/q4*+1/i1D3,3D3,15D,16D;15D;;2D3,4D3,15D,16D. The van der Waals surface area contributed by atoms with Crippen molar-refractivity contribution in [3.63, 3.8) is 0 Å². The molecule has 12 heterocycles. The van der Waals surface area contributed by atoms with Crippen LogP contribution in [-0.2, 0) is 47.5 Å². The van der Waals surface area contributed by atoms with Crippen LogP contribution in [0.25, 0.3) is 133 Å². The lowest BCUT2D eigenvalue weighted by atomic mass is 9.90. The minimum absolute atomic E-state index is 0.0314. The second kappa shape index (κ2) is 34.9. The van der Waals surface area contributed by atoms with Gasteiger partial charge < -0.3 is 17.7 Å². The van der Waals surface area contributed by atoms with E-state index < -0.39 is 56.9 Å². The Balaban J connectivity index is 0.000000154. The molecular formula is C107H130N8O4+4. The lowest BCUT2D eigenvalue weighted by Crippen LogP contribution is -2.32. The van der Waals surface area contributed by atoms with Crippen molar-refractivity contribution < 1.29 is 59.2 Å². The highest BCUT2D eigenvalue weighted by Gasteiger charge is 2.31. The zero-order valence-corrected chi connectivity index (χ0v) is 74.6. The van der Waals surface area contributed by atoms with Crippen molar-refractivity contribution in [2.24, 2.45) is 34.1 Å². The van der Waals surface area contributed by atoms with Crippen LogP contribution in [0.2, 0.25) is 0 Å². The van der Waals surface area contributed by atoms with Gasteiger partial charge in [0.25, 0.3) is 0 Å². The fourth-order valence-corrected chi connectivity index (χ4v) is 16.6. The van der Waals surface area contributed by atoms with Gasteiger partial charge in [-0.1, -0.05) is 201 Å². The molecule has 0 fully saturated rings. The quantitative estimate of drug-likeness (QED) is 0.0827. The summed E-state index contributed by atoms with van der Waals surface area (Å²) in [5, 5.41) is 7.73. The second-order valence-electron chi connectivity index (χ2n) is 34.4. The number of aromatic nitrogens is 8. The molecule has 0 saturated carbocycles. The van der Waals surface area contributed by atoms with Gasteiger partial charge in [-0.05, 0) is 199 Å². The summed E-state index contributed by atoms with van der Waals surface area (Å²) >= 11 is 0. The number of rotatable bonds is 17. The number of aryl methyl sites for hydroxylation is 10. The molecule has 12 heteroatoms. The Morgan fingerprint density at radius 2 is 0.588 bits per heavy atom. The predicted molar refractivity (Wildman–Crippen MR) is 496 cm³/mol. The number of benzene rings is 4. The Hall–Kier alpha value is -10.7. The maximum atomic E-state index is 8.87. The predicted octanol–water partition coefficient (Wildman–Crippen LogP) is 27.6. The van der Waals surface area contributed by atoms with Gasteiger partial charge in [0.2, 0.25) is 45.6 Å². The average molecular weight is 1610 g/mol. The normalized spacial score (nSPS) is 16.7. The maximum Gasteiger partial charge on any atom is 0.227 e. The summed E-state index contributed by atoms with van der Waals surface area (Å²) in [5.41, 5.74) is 25.3. The van der Waals surface area contributed by atoms with Gasteiger partial charge in [-0.15, -0.1) is 0 Å². The van der Waals surface area contributed by atoms with E-state index >= 15 is 0 Å². The van der Waals surface area contributed by atoms with Crippen LogP contribution < -0.4 is 18.3 Å². The summed E-state index contributed by atoms with van der Waals surface area (Å²) in [5.74, 6) is -7.31. The van der Waals surface area contributed by atoms with E-state index in [1.807, 2.05) is 83.1 Å². The SMILES string of the molecule is CCc1ccc2c(n1)oc1c(-c3cc(C(C)C)c(CC(C)C)c[n+]3C)c(C)ccc12.[2H]C(C)(C)c1cc(-c2c(C)ccc3c2oc2nc(C(C)C)ccc23)[n+](C)cc1C(C)C.[2H]C([2H])([2H])C([2H])(C)c1cc(-c2c(C)ccc3c2oc2nc(C(C)C)ccc23)[n+](C)cc1C([2H])(C)C([2H])([2H])[2H].[2H]C([2H])([2H])C([2H])(C)c1cc(-c2c(C)ccc3c2oc2nc(CC)ccc23)[n+](C)cc1C([2H])(C)C([2H])([2H])[2H]. The number of hydrogen-bond acceptors (Lipinski definition) is 8. The minimum Gasteiger partial charge on any atom is -0.437 e. The van der Waals surface area contributed by atoms with Gasteiger partial charge in [0.15, 0.2) is 47.1 Å². The molecule has 16 rings (SSSR count). The van der Waals surface area contributed by atoms with Crippen molar-refractivity contribution in [1.29, 1.82) is 0 Å². The first-order valence-corrected chi connectivity index (χ1v) is 41.9. The van der Waals surface area contributed by atoms with Gasteiger partial charge in [0.05, 0.1) is 22.3 Å². The summed E-state index contributed by atoms with van der Waals surface area (Å²) in [6.45, 7) is 32.0. The number of nitrogens with zero attached hydrogens (tertiary/aromatic N) is 8. The van der Waals surface area contributed by atoms with Crippen LogP contribution >= 0.6 is 0 Å². The smallest absolute Gasteiger partial charge is 0.227 e. The molecule has 0 aliphatic carbocycles. The zero-order valence-electron chi connectivity index (χ0n) is 91.6. The van der Waals surface area contributed by atoms with Crippen molar-refractivity contribution in [3.05, 3.63) is 236 Å². The molecule has 0 spiro atoms. The van der Waals surface area contributed by atoms with E-state index in [4.69, 9.17) is 55.9 Å². The van der Waals surface area contributed by atoms with Crippen LogP contribution in [0.4, 0.5) is 0 Å². The molecule has 12 aromatic heterocycles. The second-order valence-corrected chi connectivity index (χ2v) is 34.4. The first-order chi connectivity index (χ1) is 63.0. The highest BCUT2D eigenvalue weighted by atomic mass is 16.4. The first kappa shape index (κ1) is 66.1. The average Bonchev–Trinajstić information content (AvgIpc) is 0.892. The third-order valence-corrected chi connectivity index (χ3v) is 23.2. The van der Waals surface area contributed by atoms with Crippen LogP contribution in [-0.4, -0.2) is 19.9 Å². The Kier molecular flexibility index (Phi) is 19.4. The van der Waals surface area contributed by atoms with Crippen molar-refractivity contribution in [1.82, 2.24) is 19.9 Å². The molecule has 0 aliphatic heterocycles. The van der Waals surface area contributed by atoms with Crippen molar-refractivity contribution >= 4 is 88.3 Å². The summed E-state index contributed by atoms with van der Waals surface area (Å²) in [6.07, 6.45) is 10.2. The molecule has 0 N–H and O–H groups in total. The first-order valence-electron chi connectivity index (χ1n) is 50.4. The molecule has 12 nitrogen and oxygen atoms in total. The summed E-state index contributed by atoms with van der Waals surface area (Å²) in [6, 6.07) is 40.4. The number of furan rings is 4. The van der Waals surface area contributed by atoms with Crippen LogP contribution in [0.5, 0.6) is 0 Å². The van der Waals surface area contributed by atoms with E-state index in [0.717, 1.165) is 136 Å². The van der Waals surface area contributed by atoms with Crippen molar-refractivity contribution in [3.8, 4) is 45.0 Å². The van der Waals surface area contributed by atoms with Gasteiger partial charge in [-0.3, -0.25) is 0 Å². The Labute approximate surface area is 731 Å². The molecular weight excluding hydrogens is 1460 g/mol. The molecule has 0 amide bonds. The van der Waals surface area contributed by atoms with Gasteiger partial charge in [0.1, 0.15) is 28.2 Å². The van der Waals surface area contributed by atoms with Crippen molar-refractivity contribution in [2.45, 2.75) is 252 Å². The third kappa shape index (κ3) is 16.9. The van der Waals surface area contributed by atoms with E-state index in [1.165, 1.54) is 85.7 Å². The highest BCUT2D eigenvalue weighted by molar-refractivity contribution is 6.12. The van der Waals surface area contributed by atoms with E-state index in [2.05, 4.69) is 191 Å². The van der Waals surface area contributed by atoms with Crippen LogP contribution in [0.3, 0.4) is 0 Å². The largest absolute Gasteiger partial charge is 0.437 e. The molecule has 4 unspecified atom stereocenters. The molecule has 618 valence electrons. The molecule has 4 atom stereocenters. The van der Waals surface area contributed by atoms with Gasteiger partial charge in [-0.25, -0.2) is 38.2 Å². The summed E-state index contributed by atoms with van der Waals surface area (Å²) in [4.78, 5) is 18.8. The molecule has 16 aromatic rings. The zero-order chi connectivity index (χ0) is 101. The maximum absolute atomic E-state index is 8.87. The van der Waals surface area contributed by atoms with E-state index in [0.29, 0.717) is 74.5 Å². The molecule has 0 radical (unpaired) electrons. The lowest BCUT2D eigenvalue weighted by molar-refractivity contribution is -0.661. The molecule has 0 bridgehead atoms. The van der Waals surface area contributed by atoms with Crippen LogP contribution in [0, 0.1) is 33.6 Å². The number of fused-ring (bicyclic) bond motifs is 12. The van der Waals surface area contributed by atoms with Crippen LogP contribution in [0.1, 0.15) is 318 Å². The third-order valence-electron chi connectivity index (χ3n) is 23.2. The molecule has 0 aliphatic rings. The fraction of sp³-hybridized carbons (Fsp3) is 0.402. The Bertz CT molecular complexity index is 7310. The summed E-state index contributed by atoms with van der Waals surface area (Å²) < 4.78 is 173. The summed E-state index contributed by atoms with van der Waals surface area (Å²) in [7, 11) is 7.66. The monoisotopic (exact) mass is 1610 g/mol.